The van der Waals surface area contributed by atoms with E-state index in [2.05, 4.69) is 39.2 Å². The van der Waals surface area contributed by atoms with E-state index in [9.17, 15) is 29.1 Å². The van der Waals surface area contributed by atoms with Gasteiger partial charge in [-0.25, -0.2) is 0 Å². The maximum absolute atomic E-state index is 14.1. The first-order valence-corrected chi connectivity index (χ1v) is 18.7. The van der Waals surface area contributed by atoms with Gasteiger partial charge in [0.05, 0.1) is 13.0 Å². The molecule has 0 aliphatic rings. The molecule has 12 heteroatoms. The molecule has 5 aromatic rings. The molecule has 0 heterocycles. The highest BCUT2D eigenvalue weighted by atomic mass is 32.1. The van der Waals surface area contributed by atoms with Gasteiger partial charge in [0.15, 0.2) is 0 Å². The number of aromatic hydroxyl groups is 1. The third-order valence-electron chi connectivity index (χ3n) is 8.89. The van der Waals surface area contributed by atoms with Crippen molar-refractivity contribution in [3.8, 4) is 5.75 Å². The Balaban J connectivity index is 1.29. The van der Waals surface area contributed by atoms with Crippen LogP contribution in [0.3, 0.4) is 0 Å². The molecule has 0 spiro atoms. The monoisotopic (exact) mass is 759 g/mol. The molecule has 0 aliphatic heterocycles. The molecular weight excluding hydrogens is 715 g/mol. The van der Waals surface area contributed by atoms with Crippen molar-refractivity contribution in [1.82, 2.24) is 26.6 Å². The van der Waals surface area contributed by atoms with Crippen LogP contribution in [0.15, 0.2) is 127 Å². The Kier molecular flexibility index (Phi) is 14.8. The Morgan fingerprint density at radius 3 is 1.58 bits per heavy atom. The van der Waals surface area contributed by atoms with Crippen LogP contribution in [-0.2, 0) is 49.7 Å². The Bertz CT molecular complexity index is 2060. The van der Waals surface area contributed by atoms with Crippen molar-refractivity contribution in [1.29, 1.82) is 0 Å². The fourth-order valence-electron chi connectivity index (χ4n) is 6.06. The fraction of sp³-hybridized carbons (Fsp3) is 0.233. The largest absolute Gasteiger partial charge is 0.508 e. The van der Waals surface area contributed by atoms with Crippen molar-refractivity contribution in [2.24, 2.45) is 0 Å². The maximum Gasteiger partial charge on any atom is 0.243 e. The van der Waals surface area contributed by atoms with Gasteiger partial charge >= 0.3 is 0 Å². The third-order valence-corrected chi connectivity index (χ3v) is 9.12. The Morgan fingerprint density at radius 2 is 1.00 bits per heavy atom. The fourth-order valence-corrected chi connectivity index (χ4v) is 6.17. The Morgan fingerprint density at radius 1 is 0.509 bits per heavy atom. The minimum atomic E-state index is -1.13. The summed E-state index contributed by atoms with van der Waals surface area (Å²) >= 11 is 4.17. The van der Waals surface area contributed by atoms with Gasteiger partial charge in [0.25, 0.3) is 0 Å². The molecule has 6 N–H and O–H groups in total. The zero-order valence-corrected chi connectivity index (χ0v) is 31.1. The summed E-state index contributed by atoms with van der Waals surface area (Å²) in [6.45, 7) is -0.0852. The molecule has 0 unspecified atom stereocenters. The van der Waals surface area contributed by atoms with Crippen molar-refractivity contribution >= 4 is 52.9 Å². The van der Waals surface area contributed by atoms with Gasteiger partial charge in [0.2, 0.25) is 29.5 Å². The number of carbonyl (C=O) groups excluding carboxylic acids is 5. The predicted octanol–water partition coefficient (Wildman–Crippen LogP) is 3.43. The number of fused-ring (bicyclic) bond motifs is 1. The van der Waals surface area contributed by atoms with Gasteiger partial charge in [0, 0.05) is 31.6 Å². The maximum atomic E-state index is 14.1. The lowest BCUT2D eigenvalue weighted by Gasteiger charge is -2.26. The van der Waals surface area contributed by atoms with Crippen molar-refractivity contribution in [3.63, 3.8) is 0 Å². The van der Waals surface area contributed by atoms with E-state index >= 15 is 0 Å². The molecule has 0 fully saturated rings. The van der Waals surface area contributed by atoms with Crippen LogP contribution in [0.2, 0.25) is 0 Å². The minimum Gasteiger partial charge on any atom is -0.508 e. The van der Waals surface area contributed by atoms with Gasteiger partial charge in [-0.05, 0) is 45.2 Å². The molecule has 5 aromatic carbocycles. The quantitative estimate of drug-likeness (QED) is 0.0677. The molecule has 284 valence electrons. The van der Waals surface area contributed by atoms with E-state index < -0.39 is 41.8 Å². The number of phenolic OH excluding ortho intramolecular Hbond substituents is 1. The third kappa shape index (κ3) is 12.7. The first-order valence-electron chi connectivity index (χ1n) is 18.1. The van der Waals surface area contributed by atoms with Crippen molar-refractivity contribution < 1.29 is 29.1 Å². The van der Waals surface area contributed by atoms with E-state index in [-0.39, 0.29) is 50.4 Å². The molecule has 0 radical (unpaired) electrons. The van der Waals surface area contributed by atoms with Crippen LogP contribution in [0.1, 0.15) is 22.3 Å². The lowest BCUT2D eigenvalue weighted by molar-refractivity contribution is -0.133. The van der Waals surface area contributed by atoms with Crippen LogP contribution in [-0.4, -0.2) is 71.6 Å². The van der Waals surface area contributed by atoms with Gasteiger partial charge in [0.1, 0.15) is 23.9 Å². The predicted molar refractivity (Wildman–Crippen MR) is 215 cm³/mol. The first-order chi connectivity index (χ1) is 26.7. The van der Waals surface area contributed by atoms with Gasteiger partial charge < -0.3 is 31.7 Å². The minimum absolute atomic E-state index is 0.0649. The lowest BCUT2D eigenvalue weighted by Crippen LogP contribution is -2.58. The molecular formula is C43H45N5O6S. The summed E-state index contributed by atoms with van der Waals surface area (Å²) in [7, 11) is 0. The van der Waals surface area contributed by atoms with Crippen LogP contribution < -0.4 is 26.6 Å². The van der Waals surface area contributed by atoms with E-state index in [0.29, 0.717) is 11.3 Å². The average Bonchev–Trinajstić information content (AvgIpc) is 3.20. The zero-order chi connectivity index (χ0) is 39.0. The second kappa shape index (κ2) is 20.4. The summed E-state index contributed by atoms with van der Waals surface area (Å²) < 4.78 is 0. The zero-order valence-electron chi connectivity index (χ0n) is 30.2. The van der Waals surface area contributed by atoms with Gasteiger partial charge in [-0.1, -0.05) is 115 Å². The van der Waals surface area contributed by atoms with Gasteiger partial charge in [-0.3, -0.25) is 24.0 Å². The van der Waals surface area contributed by atoms with E-state index in [0.717, 1.165) is 27.5 Å². The Hall–Kier alpha value is -6.14. The smallest absolute Gasteiger partial charge is 0.243 e. The number of hydrogen-bond donors (Lipinski definition) is 7. The normalized spacial score (nSPS) is 12.5. The van der Waals surface area contributed by atoms with E-state index in [1.807, 2.05) is 103 Å². The van der Waals surface area contributed by atoms with Crippen molar-refractivity contribution in [2.45, 2.75) is 43.8 Å². The van der Waals surface area contributed by atoms with Crippen molar-refractivity contribution in [2.75, 3.05) is 18.8 Å². The number of nitrogens with one attached hydrogen (secondary N) is 5. The van der Waals surface area contributed by atoms with Gasteiger partial charge in [-0.2, -0.15) is 12.6 Å². The van der Waals surface area contributed by atoms with E-state index in [1.54, 1.807) is 12.1 Å². The summed E-state index contributed by atoms with van der Waals surface area (Å²) in [5.41, 5.74) is 3.02. The van der Waals surface area contributed by atoms with Crippen LogP contribution >= 0.6 is 12.6 Å². The highest BCUT2D eigenvalue weighted by molar-refractivity contribution is 7.80. The molecule has 0 saturated heterocycles. The van der Waals surface area contributed by atoms with Crippen LogP contribution in [0.4, 0.5) is 0 Å². The molecule has 3 atom stereocenters. The lowest BCUT2D eigenvalue weighted by atomic mass is 10.0. The summed E-state index contributed by atoms with van der Waals surface area (Å²) in [4.78, 5) is 67.4. The first kappa shape index (κ1) is 40.1. The van der Waals surface area contributed by atoms with Crippen LogP contribution in [0.25, 0.3) is 10.8 Å². The van der Waals surface area contributed by atoms with Crippen LogP contribution in [0, 0.1) is 0 Å². The second-order valence-corrected chi connectivity index (χ2v) is 13.6. The van der Waals surface area contributed by atoms with Crippen LogP contribution in [0.5, 0.6) is 5.75 Å². The highest BCUT2D eigenvalue weighted by Crippen LogP contribution is 2.16. The molecule has 0 aliphatic carbocycles. The molecule has 55 heavy (non-hydrogen) atoms. The molecule has 0 saturated carbocycles. The molecule has 11 nitrogen and oxygen atoms in total. The summed E-state index contributed by atoms with van der Waals surface area (Å²) in [6.07, 6.45) is 0.399. The van der Waals surface area contributed by atoms with E-state index in [1.165, 1.54) is 12.1 Å². The SMILES string of the molecule is O=C(Cc1ccc2ccccc2c1)NCC(=O)N[C@@H](Cc1ccccc1)C(=O)N[C@@H](Cc1ccccc1)C(=O)N[C@@H](Cc1ccc(O)cc1)C(=O)NCCS. The topological polar surface area (TPSA) is 166 Å². The number of rotatable bonds is 18. The molecule has 0 aromatic heterocycles. The summed E-state index contributed by atoms with van der Waals surface area (Å²) in [5.74, 6) is -2.14. The molecule has 0 bridgehead atoms. The highest BCUT2D eigenvalue weighted by Gasteiger charge is 2.30. The average molecular weight is 760 g/mol. The summed E-state index contributed by atoms with van der Waals surface area (Å²) in [6, 6.07) is 34.9. The number of phenols is 1. The van der Waals surface area contributed by atoms with Gasteiger partial charge in [-0.15, -0.1) is 0 Å². The number of benzene rings is 5. The molecule has 5 rings (SSSR count). The number of amides is 5. The van der Waals surface area contributed by atoms with Crippen molar-refractivity contribution in [3.05, 3.63) is 150 Å². The second-order valence-electron chi connectivity index (χ2n) is 13.1. The Labute approximate surface area is 325 Å². The number of thiol groups is 1. The molecule has 5 amide bonds. The number of carbonyl (C=O) groups is 5. The van der Waals surface area contributed by atoms with E-state index in [4.69, 9.17) is 0 Å². The summed E-state index contributed by atoms with van der Waals surface area (Å²) in [5, 5.41) is 25.6. The number of hydrogen-bond acceptors (Lipinski definition) is 7. The standard InChI is InChI=1S/C43H45N5O6S/c49-35-19-16-31(17-20-35)26-36(41(52)44-21-22-55)47-43(54)38(25-30-11-5-2-6-12-30)48-42(53)37(24-29-9-3-1-4-10-29)46-40(51)28-45-39(50)27-32-15-18-33-13-7-8-14-34(33)23-32/h1-20,23,36-38,49,55H,21-22,24-28H2,(H,44,52)(H,45,50)(H,46,51)(H,47,54)(H,48,53)/t36-,37-,38-/m0/s1.